The number of likely N-dealkylation sites (N-methyl/N-ethyl adjacent to an activating group) is 1. The Morgan fingerprint density at radius 3 is 2.34 bits per heavy atom. The third-order valence-corrected chi connectivity index (χ3v) is 5.14. The van der Waals surface area contributed by atoms with Gasteiger partial charge in [-0.25, -0.2) is 0 Å². The van der Waals surface area contributed by atoms with E-state index >= 15 is 0 Å². The lowest BCUT2D eigenvalue weighted by Gasteiger charge is -2.29. The number of amides is 2. The van der Waals surface area contributed by atoms with Crippen LogP contribution in [0.3, 0.4) is 0 Å². The molecule has 0 bridgehead atoms. The van der Waals surface area contributed by atoms with Crippen molar-refractivity contribution in [2.24, 2.45) is 5.92 Å². The fourth-order valence-corrected chi connectivity index (χ4v) is 2.95. The van der Waals surface area contributed by atoms with Crippen molar-refractivity contribution in [2.75, 3.05) is 56.7 Å². The number of benzene rings is 1. The first-order chi connectivity index (χ1) is 13.7. The molecule has 2 N–H and O–H groups in total. The maximum atomic E-state index is 12.3. The third-order valence-electron chi connectivity index (χ3n) is 5.14. The van der Waals surface area contributed by atoms with E-state index in [1.165, 1.54) is 0 Å². The molecule has 1 heterocycles. The standard InChI is InChI=1S/C21H31N5O3/c1-16(2)21(3,15-22)24-20(28)14-25(4)13-19(27)23-17-5-7-18(8-6-17)26-9-11-29-12-10-26/h5-8,16H,9-14H2,1-4H3,(H,23,27)(H,24,28). The monoisotopic (exact) mass is 401 g/mol. The molecule has 2 rings (SSSR count). The number of morpholine rings is 1. The van der Waals surface area contributed by atoms with E-state index in [9.17, 15) is 14.9 Å². The average Bonchev–Trinajstić information content (AvgIpc) is 2.68. The zero-order chi connectivity index (χ0) is 21.4. The molecule has 1 fully saturated rings. The number of nitrogens with zero attached hydrogens (tertiary/aromatic N) is 3. The topological polar surface area (TPSA) is 97.7 Å². The fraction of sp³-hybridized carbons (Fsp3) is 0.571. The van der Waals surface area contributed by atoms with Gasteiger partial charge in [-0.2, -0.15) is 5.26 Å². The van der Waals surface area contributed by atoms with Crippen LogP contribution in [0, 0.1) is 17.2 Å². The fourth-order valence-electron chi connectivity index (χ4n) is 2.95. The van der Waals surface area contributed by atoms with E-state index in [2.05, 4.69) is 21.6 Å². The van der Waals surface area contributed by atoms with Crippen LogP contribution in [0.4, 0.5) is 11.4 Å². The highest BCUT2D eigenvalue weighted by atomic mass is 16.5. The average molecular weight is 402 g/mol. The number of carbonyl (C=O) groups is 2. The molecule has 8 nitrogen and oxygen atoms in total. The Bertz CT molecular complexity index is 738. The Hall–Kier alpha value is -2.63. The molecule has 2 amide bonds. The number of hydrogen-bond acceptors (Lipinski definition) is 6. The number of rotatable bonds is 8. The van der Waals surface area contributed by atoms with Crippen molar-refractivity contribution in [3.63, 3.8) is 0 Å². The maximum absolute atomic E-state index is 12.3. The summed E-state index contributed by atoms with van der Waals surface area (Å²) in [6, 6.07) is 9.84. The van der Waals surface area contributed by atoms with Crippen LogP contribution < -0.4 is 15.5 Å². The number of nitriles is 1. The number of anilines is 2. The Morgan fingerprint density at radius 2 is 1.79 bits per heavy atom. The summed E-state index contributed by atoms with van der Waals surface area (Å²) in [7, 11) is 1.69. The van der Waals surface area contributed by atoms with E-state index in [1.54, 1.807) is 18.9 Å². The largest absolute Gasteiger partial charge is 0.378 e. The summed E-state index contributed by atoms with van der Waals surface area (Å²) >= 11 is 0. The molecule has 1 atom stereocenters. The van der Waals surface area contributed by atoms with Crippen LogP contribution in [0.5, 0.6) is 0 Å². The third kappa shape index (κ3) is 6.73. The Morgan fingerprint density at radius 1 is 1.21 bits per heavy atom. The van der Waals surface area contributed by atoms with Crippen molar-refractivity contribution in [1.82, 2.24) is 10.2 Å². The molecule has 1 aliphatic rings. The molecular weight excluding hydrogens is 370 g/mol. The van der Waals surface area contributed by atoms with Crippen LogP contribution in [0.25, 0.3) is 0 Å². The summed E-state index contributed by atoms with van der Waals surface area (Å²) in [5.74, 6) is -0.510. The van der Waals surface area contributed by atoms with Gasteiger partial charge < -0.3 is 20.3 Å². The van der Waals surface area contributed by atoms with Crippen LogP contribution in [0.2, 0.25) is 0 Å². The van der Waals surface area contributed by atoms with Gasteiger partial charge in [-0.3, -0.25) is 14.5 Å². The molecule has 1 saturated heterocycles. The van der Waals surface area contributed by atoms with Gasteiger partial charge in [0.15, 0.2) is 0 Å². The molecular formula is C21H31N5O3. The van der Waals surface area contributed by atoms with Crippen LogP contribution in [-0.4, -0.2) is 68.7 Å². The molecule has 0 spiro atoms. The minimum atomic E-state index is -0.928. The number of ether oxygens (including phenoxy) is 1. The zero-order valence-electron chi connectivity index (χ0n) is 17.7. The van der Waals surface area contributed by atoms with E-state index < -0.39 is 5.54 Å². The molecule has 1 unspecified atom stereocenters. The molecule has 0 aliphatic carbocycles. The van der Waals surface area contributed by atoms with Crippen LogP contribution in [-0.2, 0) is 14.3 Å². The van der Waals surface area contributed by atoms with E-state index in [0.717, 1.165) is 32.0 Å². The first-order valence-corrected chi connectivity index (χ1v) is 9.87. The van der Waals surface area contributed by atoms with Crippen LogP contribution in [0.15, 0.2) is 24.3 Å². The van der Waals surface area contributed by atoms with E-state index in [1.807, 2.05) is 38.1 Å². The second-order valence-electron chi connectivity index (χ2n) is 7.88. The van der Waals surface area contributed by atoms with Gasteiger partial charge in [0.2, 0.25) is 11.8 Å². The highest BCUT2D eigenvalue weighted by molar-refractivity contribution is 5.92. The molecule has 1 aliphatic heterocycles. The molecule has 29 heavy (non-hydrogen) atoms. The number of hydrogen-bond donors (Lipinski definition) is 2. The maximum Gasteiger partial charge on any atom is 0.238 e. The molecule has 1 aromatic carbocycles. The van der Waals surface area contributed by atoms with Crippen molar-refractivity contribution in [2.45, 2.75) is 26.3 Å². The predicted molar refractivity (Wildman–Crippen MR) is 113 cm³/mol. The summed E-state index contributed by atoms with van der Waals surface area (Å²) in [6.07, 6.45) is 0. The molecule has 8 heteroatoms. The summed E-state index contributed by atoms with van der Waals surface area (Å²) in [5.41, 5.74) is 0.884. The SMILES string of the molecule is CC(C)C(C)(C#N)NC(=O)CN(C)CC(=O)Nc1ccc(N2CCOCC2)cc1. The van der Waals surface area contributed by atoms with Gasteiger partial charge in [0.05, 0.1) is 32.4 Å². The molecule has 0 saturated carbocycles. The second kappa shape index (κ2) is 10.2. The summed E-state index contributed by atoms with van der Waals surface area (Å²) in [5, 5.41) is 14.9. The van der Waals surface area contributed by atoms with Gasteiger partial charge in [-0.15, -0.1) is 0 Å². The Labute approximate surface area is 172 Å². The Balaban J connectivity index is 1.80. The quantitative estimate of drug-likeness (QED) is 0.684. The van der Waals surface area contributed by atoms with Gasteiger partial charge in [-0.1, -0.05) is 13.8 Å². The predicted octanol–water partition coefficient (Wildman–Crippen LogP) is 1.45. The number of carbonyl (C=O) groups excluding carboxylic acids is 2. The Kier molecular flexibility index (Phi) is 8.00. The first-order valence-electron chi connectivity index (χ1n) is 9.87. The first kappa shape index (κ1) is 22.7. The van der Waals surface area contributed by atoms with Crippen molar-refractivity contribution in [3.8, 4) is 6.07 Å². The molecule has 158 valence electrons. The van der Waals surface area contributed by atoms with E-state index in [0.29, 0.717) is 5.69 Å². The smallest absolute Gasteiger partial charge is 0.238 e. The van der Waals surface area contributed by atoms with Gasteiger partial charge in [0.1, 0.15) is 5.54 Å². The zero-order valence-corrected chi connectivity index (χ0v) is 17.7. The second-order valence-corrected chi connectivity index (χ2v) is 7.88. The van der Waals surface area contributed by atoms with E-state index in [4.69, 9.17) is 4.74 Å². The normalized spacial score (nSPS) is 16.2. The van der Waals surface area contributed by atoms with Crippen molar-refractivity contribution in [3.05, 3.63) is 24.3 Å². The minimum absolute atomic E-state index is 0.0227. The lowest BCUT2D eigenvalue weighted by molar-refractivity contribution is -0.124. The minimum Gasteiger partial charge on any atom is -0.378 e. The van der Waals surface area contributed by atoms with E-state index in [-0.39, 0.29) is 30.8 Å². The lowest BCUT2D eigenvalue weighted by atomic mass is 9.90. The summed E-state index contributed by atoms with van der Waals surface area (Å²) in [6.45, 7) is 8.74. The van der Waals surface area contributed by atoms with Crippen molar-refractivity contribution < 1.29 is 14.3 Å². The van der Waals surface area contributed by atoms with Crippen molar-refractivity contribution >= 4 is 23.2 Å². The highest BCUT2D eigenvalue weighted by Crippen LogP contribution is 2.19. The van der Waals surface area contributed by atoms with Gasteiger partial charge in [0, 0.05) is 24.5 Å². The lowest BCUT2D eigenvalue weighted by Crippen LogP contribution is -2.51. The van der Waals surface area contributed by atoms with Crippen molar-refractivity contribution in [1.29, 1.82) is 5.26 Å². The molecule has 1 aromatic rings. The molecule has 0 aromatic heterocycles. The number of nitrogens with one attached hydrogen (secondary N) is 2. The summed E-state index contributed by atoms with van der Waals surface area (Å²) in [4.78, 5) is 28.3. The van der Waals surface area contributed by atoms with Crippen LogP contribution >= 0.6 is 0 Å². The highest BCUT2D eigenvalue weighted by Gasteiger charge is 2.30. The molecule has 0 radical (unpaired) electrons. The van der Waals surface area contributed by atoms with Crippen LogP contribution in [0.1, 0.15) is 20.8 Å². The summed E-state index contributed by atoms with van der Waals surface area (Å²) < 4.78 is 5.36. The van der Waals surface area contributed by atoms with Gasteiger partial charge in [-0.05, 0) is 44.2 Å². The van der Waals surface area contributed by atoms with Gasteiger partial charge in [0.25, 0.3) is 0 Å². The van der Waals surface area contributed by atoms with Gasteiger partial charge >= 0.3 is 0 Å².